The Hall–Kier alpha value is -1.72. The molecule has 2 rings (SSSR count). The Bertz CT molecular complexity index is 517. The Morgan fingerprint density at radius 1 is 1.25 bits per heavy atom. The normalized spacial score (nSPS) is 12.6. The number of rotatable bonds is 7. The molecular formula is C15H23N5. The lowest BCUT2D eigenvalue weighted by molar-refractivity contribution is 0.499. The predicted octanol–water partition coefficient (Wildman–Crippen LogP) is 2.00. The average Bonchev–Trinajstić information content (AvgIpc) is 2.92. The second kappa shape index (κ2) is 7.17. The molecule has 0 fully saturated rings. The predicted molar refractivity (Wildman–Crippen MR) is 79.9 cm³/mol. The van der Waals surface area contributed by atoms with Crippen LogP contribution in [0.1, 0.15) is 43.3 Å². The molecule has 1 aromatic heterocycles. The number of hydrogen-bond donors (Lipinski definition) is 2. The standard InChI is InChI=1S/C15H23N5/c1-3-9-20-15(17-11-18-20)10-14(19-16)13-7-5-12(4-2)6-8-13/h5-8,11,14,19H,3-4,9-10,16H2,1-2H3. The van der Waals surface area contributed by atoms with Gasteiger partial charge in [-0.3, -0.25) is 16.0 Å². The van der Waals surface area contributed by atoms with E-state index in [1.165, 1.54) is 11.1 Å². The van der Waals surface area contributed by atoms with Crippen LogP contribution >= 0.6 is 0 Å². The summed E-state index contributed by atoms with van der Waals surface area (Å²) in [5.41, 5.74) is 5.39. The van der Waals surface area contributed by atoms with Gasteiger partial charge >= 0.3 is 0 Å². The highest BCUT2D eigenvalue weighted by atomic mass is 15.3. The number of hydrogen-bond acceptors (Lipinski definition) is 4. The van der Waals surface area contributed by atoms with Crippen molar-refractivity contribution in [2.24, 2.45) is 5.84 Å². The molecule has 0 saturated heterocycles. The second-order valence-corrected chi connectivity index (χ2v) is 4.92. The van der Waals surface area contributed by atoms with Crippen molar-refractivity contribution < 1.29 is 0 Å². The number of nitrogens with two attached hydrogens (primary N) is 1. The van der Waals surface area contributed by atoms with Crippen LogP contribution < -0.4 is 11.3 Å². The number of nitrogens with zero attached hydrogens (tertiary/aromatic N) is 3. The average molecular weight is 273 g/mol. The number of aryl methyl sites for hydroxylation is 2. The van der Waals surface area contributed by atoms with Gasteiger partial charge in [0.25, 0.3) is 0 Å². The van der Waals surface area contributed by atoms with Gasteiger partial charge in [-0.1, -0.05) is 38.1 Å². The molecule has 1 heterocycles. The molecule has 0 radical (unpaired) electrons. The van der Waals surface area contributed by atoms with Crippen LogP contribution in [0.3, 0.4) is 0 Å². The fraction of sp³-hybridized carbons (Fsp3) is 0.467. The van der Waals surface area contributed by atoms with Crippen molar-refractivity contribution in [1.82, 2.24) is 20.2 Å². The fourth-order valence-electron chi connectivity index (χ4n) is 2.29. The van der Waals surface area contributed by atoms with Crippen LogP contribution in [-0.2, 0) is 19.4 Å². The molecule has 0 aliphatic heterocycles. The quantitative estimate of drug-likeness (QED) is 0.598. The van der Waals surface area contributed by atoms with E-state index in [0.29, 0.717) is 0 Å². The maximum Gasteiger partial charge on any atom is 0.138 e. The van der Waals surface area contributed by atoms with E-state index in [9.17, 15) is 0 Å². The van der Waals surface area contributed by atoms with Crippen LogP contribution in [0.15, 0.2) is 30.6 Å². The van der Waals surface area contributed by atoms with E-state index in [1.807, 2.05) is 4.68 Å². The van der Waals surface area contributed by atoms with Crippen LogP contribution in [0.2, 0.25) is 0 Å². The van der Waals surface area contributed by atoms with Crippen molar-refractivity contribution in [1.29, 1.82) is 0 Å². The molecule has 0 aliphatic carbocycles. The first kappa shape index (κ1) is 14.7. The molecule has 1 aromatic carbocycles. The van der Waals surface area contributed by atoms with E-state index in [1.54, 1.807) is 6.33 Å². The van der Waals surface area contributed by atoms with Crippen molar-refractivity contribution in [3.63, 3.8) is 0 Å². The Kier molecular flexibility index (Phi) is 5.26. The molecule has 3 N–H and O–H groups in total. The summed E-state index contributed by atoms with van der Waals surface area (Å²) in [6.07, 6.45) is 4.44. The van der Waals surface area contributed by atoms with E-state index >= 15 is 0 Å². The van der Waals surface area contributed by atoms with Gasteiger partial charge in [-0.25, -0.2) is 4.98 Å². The zero-order valence-electron chi connectivity index (χ0n) is 12.2. The van der Waals surface area contributed by atoms with Crippen molar-refractivity contribution in [2.45, 2.75) is 45.7 Å². The van der Waals surface area contributed by atoms with Crippen molar-refractivity contribution in [3.05, 3.63) is 47.5 Å². The van der Waals surface area contributed by atoms with Gasteiger partial charge in [-0.05, 0) is 24.0 Å². The van der Waals surface area contributed by atoms with E-state index in [0.717, 1.165) is 31.6 Å². The highest BCUT2D eigenvalue weighted by Crippen LogP contribution is 2.17. The van der Waals surface area contributed by atoms with Gasteiger partial charge < -0.3 is 0 Å². The summed E-state index contributed by atoms with van der Waals surface area (Å²) in [4.78, 5) is 4.34. The van der Waals surface area contributed by atoms with E-state index in [4.69, 9.17) is 5.84 Å². The summed E-state index contributed by atoms with van der Waals surface area (Å²) in [5, 5.41) is 4.25. The van der Waals surface area contributed by atoms with Gasteiger partial charge in [0.2, 0.25) is 0 Å². The summed E-state index contributed by atoms with van der Waals surface area (Å²) in [6.45, 7) is 5.18. The molecule has 1 unspecified atom stereocenters. The van der Waals surface area contributed by atoms with Gasteiger partial charge in [-0.2, -0.15) is 5.10 Å². The highest BCUT2D eigenvalue weighted by molar-refractivity contribution is 5.25. The zero-order valence-corrected chi connectivity index (χ0v) is 12.2. The molecule has 0 spiro atoms. The molecule has 5 nitrogen and oxygen atoms in total. The van der Waals surface area contributed by atoms with Crippen molar-refractivity contribution >= 4 is 0 Å². The molecule has 0 aliphatic rings. The summed E-state index contributed by atoms with van der Waals surface area (Å²) < 4.78 is 1.95. The minimum Gasteiger partial charge on any atom is -0.271 e. The molecule has 0 bridgehead atoms. The largest absolute Gasteiger partial charge is 0.271 e. The van der Waals surface area contributed by atoms with Gasteiger partial charge in [0, 0.05) is 13.0 Å². The fourth-order valence-corrected chi connectivity index (χ4v) is 2.29. The van der Waals surface area contributed by atoms with Crippen LogP contribution in [-0.4, -0.2) is 14.8 Å². The maximum atomic E-state index is 5.71. The maximum absolute atomic E-state index is 5.71. The molecule has 108 valence electrons. The lowest BCUT2D eigenvalue weighted by atomic mass is 10.0. The minimum atomic E-state index is 0.0562. The van der Waals surface area contributed by atoms with Crippen LogP contribution in [0.4, 0.5) is 0 Å². The molecule has 0 saturated carbocycles. The molecule has 5 heteroatoms. The summed E-state index contributed by atoms with van der Waals surface area (Å²) in [5.74, 6) is 6.68. The SMILES string of the molecule is CCCn1ncnc1CC(NN)c1ccc(CC)cc1. The topological polar surface area (TPSA) is 68.8 Å². The van der Waals surface area contributed by atoms with Gasteiger partial charge in [0.1, 0.15) is 12.2 Å². The van der Waals surface area contributed by atoms with Crippen molar-refractivity contribution in [3.8, 4) is 0 Å². The number of nitrogens with one attached hydrogen (secondary N) is 1. The lowest BCUT2D eigenvalue weighted by Gasteiger charge is -2.16. The summed E-state index contributed by atoms with van der Waals surface area (Å²) in [6, 6.07) is 8.61. The lowest BCUT2D eigenvalue weighted by Crippen LogP contribution is -2.30. The molecular weight excluding hydrogens is 250 g/mol. The Morgan fingerprint density at radius 3 is 2.60 bits per heavy atom. The summed E-state index contributed by atoms with van der Waals surface area (Å²) >= 11 is 0. The van der Waals surface area contributed by atoms with Gasteiger partial charge in [0.15, 0.2) is 0 Å². The minimum absolute atomic E-state index is 0.0562. The number of hydrazine groups is 1. The molecule has 0 amide bonds. The number of benzene rings is 1. The zero-order chi connectivity index (χ0) is 14.4. The molecule has 20 heavy (non-hydrogen) atoms. The Labute approximate surface area is 120 Å². The highest BCUT2D eigenvalue weighted by Gasteiger charge is 2.14. The van der Waals surface area contributed by atoms with Crippen LogP contribution in [0.5, 0.6) is 0 Å². The Morgan fingerprint density at radius 2 is 2.00 bits per heavy atom. The Balaban J connectivity index is 2.13. The van der Waals surface area contributed by atoms with Crippen LogP contribution in [0.25, 0.3) is 0 Å². The molecule has 2 aromatic rings. The first-order valence-corrected chi connectivity index (χ1v) is 7.20. The van der Waals surface area contributed by atoms with E-state index in [2.05, 4.69) is 53.6 Å². The first-order valence-electron chi connectivity index (χ1n) is 7.20. The third-order valence-corrected chi connectivity index (χ3v) is 3.51. The monoisotopic (exact) mass is 273 g/mol. The summed E-state index contributed by atoms with van der Waals surface area (Å²) in [7, 11) is 0. The first-order chi connectivity index (χ1) is 9.78. The second-order valence-electron chi connectivity index (χ2n) is 4.92. The van der Waals surface area contributed by atoms with Gasteiger partial charge in [-0.15, -0.1) is 0 Å². The smallest absolute Gasteiger partial charge is 0.138 e. The third kappa shape index (κ3) is 3.43. The van der Waals surface area contributed by atoms with Gasteiger partial charge in [0.05, 0.1) is 6.04 Å². The third-order valence-electron chi connectivity index (χ3n) is 3.51. The van der Waals surface area contributed by atoms with Crippen molar-refractivity contribution in [2.75, 3.05) is 0 Å². The van der Waals surface area contributed by atoms with Crippen LogP contribution in [0, 0.1) is 0 Å². The van der Waals surface area contributed by atoms with E-state index < -0.39 is 0 Å². The molecule has 1 atom stereocenters. The van der Waals surface area contributed by atoms with E-state index in [-0.39, 0.29) is 6.04 Å². The number of aromatic nitrogens is 3.